The summed E-state index contributed by atoms with van der Waals surface area (Å²) in [6.45, 7) is 6.55. The maximum atomic E-state index is 13.7. The summed E-state index contributed by atoms with van der Waals surface area (Å²) < 4.78 is 41.1. The Kier molecular flexibility index (Phi) is 5.49. The lowest BCUT2D eigenvalue weighted by molar-refractivity contribution is -0.130. The molecule has 9 heteroatoms. The number of halogens is 1. The highest BCUT2D eigenvalue weighted by molar-refractivity contribution is 7.89. The van der Waals surface area contributed by atoms with Gasteiger partial charge in [-0.05, 0) is 45.9 Å². The highest BCUT2D eigenvalue weighted by atomic mass is 32.2. The lowest BCUT2D eigenvalue weighted by atomic mass is 10.1. The Hall–Kier alpha value is -2.00. The third kappa shape index (κ3) is 5.61. The summed E-state index contributed by atoms with van der Waals surface area (Å²) in [7, 11) is -4.10. The number of benzene rings is 1. The Morgan fingerprint density at radius 2 is 1.87 bits per heavy atom. The van der Waals surface area contributed by atoms with Crippen LogP contribution in [0.2, 0.25) is 0 Å². The zero-order valence-corrected chi connectivity index (χ0v) is 14.0. The van der Waals surface area contributed by atoms with Crippen LogP contribution in [0.4, 0.5) is 4.39 Å². The van der Waals surface area contributed by atoms with Crippen molar-refractivity contribution in [2.24, 2.45) is 5.14 Å². The van der Waals surface area contributed by atoms with E-state index in [9.17, 15) is 22.4 Å². The zero-order valence-electron chi connectivity index (χ0n) is 13.2. The van der Waals surface area contributed by atoms with E-state index in [0.29, 0.717) is 0 Å². The van der Waals surface area contributed by atoms with E-state index < -0.39 is 49.8 Å². The first-order valence-corrected chi connectivity index (χ1v) is 8.21. The number of amides is 1. The van der Waals surface area contributed by atoms with Crippen LogP contribution in [-0.2, 0) is 19.6 Å². The topological polar surface area (TPSA) is 116 Å². The summed E-state index contributed by atoms with van der Waals surface area (Å²) in [5.74, 6) is -2.70. The van der Waals surface area contributed by atoms with E-state index in [1.54, 1.807) is 20.8 Å². The minimum Gasteiger partial charge on any atom is -0.449 e. The second-order valence-corrected chi connectivity index (χ2v) is 7.53. The van der Waals surface area contributed by atoms with E-state index in [4.69, 9.17) is 9.88 Å². The first-order chi connectivity index (χ1) is 10.3. The predicted octanol–water partition coefficient (Wildman–Crippen LogP) is 0.933. The van der Waals surface area contributed by atoms with Gasteiger partial charge >= 0.3 is 5.97 Å². The van der Waals surface area contributed by atoms with Crippen molar-refractivity contribution in [1.29, 1.82) is 0 Å². The molecule has 1 aromatic carbocycles. The minimum atomic E-state index is -4.10. The first kappa shape index (κ1) is 19.0. The van der Waals surface area contributed by atoms with Crippen molar-refractivity contribution in [2.45, 2.75) is 44.2 Å². The summed E-state index contributed by atoms with van der Waals surface area (Å²) in [5.41, 5.74) is -1.15. The molecule has 0 spiro atoms. The van der Waals surface area contributed by atoms with Crippen molar-refractivity contribution in [3.05, 3.63) is 29.6 Å². The molecule has 0 radical (unpaired) electrons. The van der Waals surface area contributed by atoms with Gasteiger partial charge in [0.1, 0.15) is 5.82 Å². The second-order valence-electron chi connectivity index (χ2n) is 5.97. The molecule has 7 nitrogen and oxygen atoms in total. The monoisotopic (exact) mass is 346 g/mol. The fraction of sp³-hybridized carbons (Fsp3) is 0.429. The third-order valence-electron chi connectivity index (χ3n) is 2.64. The molecule has 128 valence electrons. The van der Waals surface area contributed by atoms with Gasteiger partial charge in [-0.2, -0.15) is 0 Å². The fourth-order valence-corrected chi connectivity index (χ4v) is 2.13. The highest BCUT2D eigenvalue weighted by Crippen LogP contribution is 2.16. The predicted molar refractivity (Wildman–Crippen MR) is 80.5 cm³/mol. The van der Waals surface area contributed by atoms with Crippen LogP contribution in [0.3, 0.4) is 0 Å². The molecule has 0 aliphatic heterocycles. The van der Waals surface area contributed by atoms with Crippen molar-refractivity contribution in [1.82, 2.24) is 5.32 Å². The average molecular weight is 346 g/mol. The molecule has 1 aromatic rings. The quantitative estimate of drug-likeness (QED) is 0.787. The van der Waals surface area contributed by atoms with E-state index in [0.717, 1.165) is 18.2 Å². The van der Waals surface area contributed by atoms with Crippen molar-refractivity contribution in [2.75, 3.05) is 0 Å². The number of esters is 1. The van der Waals surface area contributed by atoms with Crippen LogP contribution in [0.25, 0.3) is 0 Å². The molecule has 0 saturated heterocycles. The molecule has 1 amide bonds. The van der Waals surface area contributed by atoms with Gasteiger partial charge in [0, 0.05) is 5.54 Å². The van der Waals surface area contributed by atoms with Gasteiger partial charge in [-0.15, -0.1) is 0 Å². The standard InChI is InChI=1S/C14H19FN2O5S/c1-8(12(18)17-14(2,3)4)22-13(19)10-7-9(23(16,20)21)5-6-11(10)15/h5-8H,1-4H3,(H,17,18)(H2,16,20,21)/t8-/m1/s1. The summed E-state index contributed by atoms with van der Waals surface area (Å²) in [6.07, 6.45) is -1.18. The molecular weight excluding hydrogens is 327 g/mol. The van der Waals surface area contributed by atoms with E-state index in [2.05, 4.69) is 5.32 Å². The van der Waals surface area contributed by atoms with Gasteiger partial charge in [0.15, 0.2) is 6.10 Å². The zero-order chi connectivity index (χ0) is 18.0. The van der Waals surface area contributed by atoms with Gasteiger partial charge in [-0.25, -0.2) is 22.7 Å². The summed E-state index contributed by atoms with van der Waals surface area (Å²) in [6, 6.07) is 2.48. The normalized spacial score (nSPS) is 13.3. The first-order valence-electron chi connectivity index (χ1n) is 6.66. The van der Waals surface area contributed by atoms with E-state index in [1.807, 2.05) is 0 Å². The van der Waals surface area contributed by atoms with Crippen LogP contribution >= 0.6 is 0 Å². The molecule has 3 N–H and O–H groups in total. The molecule has 0 bridgehead atoms. The molecule has 1 rings (SSSR count). The summed E-state index contributed by atoms with van der Waals surface area (Å²) >= 11 is 0. The highest BCUT2D eigenvalue weighted by Gasteiger charge is 2.25. The number of hydrogen-bond acceptors (Lipinski definition) is 5. The molecule has 0 aliphatic carbocycles. The molecular formula is C14H19FN2O5S. The smallest absolute Gasteiger partial charge is 0.341 e. The van der Waals surface area contributed by atoms with Gasteiger partial charge in [0.2, 0.25) is 10.0 Å². The molecule has 0 saturated carbocycles. The molecule has 0 unspecified atom stereocenters. The molecule has 0 aromatic heterocycles. The van der Waals surface area contributed by atoms with Crippen LogP contribution in [0.5, 0.6) is 0 Å². The van der Waals surface area contributed by atoms with Gasteiger partial charge < -0.3 is 10.1 Å². The van der Waals surface area contributed by atoms with E-state index >= 15 is 0 Å². The van der Waals surface area contributed by atoms with Gasteiger partial charge in [-0.3, -0.25) is 4.79 Å². The lowest BCUT2D eigenvalue weighted by Gasteiger charge is -2.23. The third-order valence-corrected chi connectivity index (χ3v) is 3.55. The van der Waals surface area contributed by atoms with Crippen LogP contribution in [0.1, 0.15) is 38.1 Å². The fourth-order valence-electron chi connectivity index (χ4n) is 1.59. The average Bonchev–Trinajstić information content (AvgIpc) is 2.35. The number of sulfonamides is 1. The van der Waals surface area contributed by atoms with E-state index in [1.165, 1.54) is 6.92 Å². The van der Waals surface area contributed by atoms with Crippen LogP contribution < -0.4 is 10.5 Å². The number of carbonyl (C=O) groups is 2. The Balaban J connectivity index is 2.96. The second kappa shape index (κ2) is 6.63. The van der Waals surface area contributed by atoms with Crippen LogP contribution in [0, 0.1) is 5.82 Å². The van der Waals surface area contributed by atoms with Gasteiger partial charge in [-0.1, -0.05) is 0 Å². The Morgan fingerprint density at radius 1 is 1.30 bits per heavy atom. The molecule has 0 aliphatic rings. The number of hydrogen-bond donors (Lipinski definition) is 2. The van der Waals surface area contributed by atoms with Crippen LogP contribution in [0.15, 0.2) is 23.1 Å². The summed E-state index contributed by atoms with van der Waals surface area (Å²) in [5, 5.41) is 7.53. The van der Waals surface area contributed by atoms with Crippen molar-refractivity contribution < 1.29 is 27.1 Å². The number of ether oxygens (including phenoxy) is 1. The number of nitrogens with one attached hydrogen (secondary N) is 1. The number of carbonyl (C=O) groups excluding carboxylic acids is 2. The van der Waals surface area contributed by atoms with Gasteiger partial charge in [0.25, 0.3) is 5.91 Å². The van der Waals surface area contributed by atoms with Crippen molar-refractivity contribution in [3.63, 3.8) is 0 Å². The SMILES string of the molecule is C[C@@H](OC(=O)c1cc(S(N)(=O)=O)ccc1F)C(=O)NC(C)(C)C. The van der Waals surface area contributed by atoms with Gasteiger partial charge in [0.05, 0.1) is 10.5 Å². The molecule has 0 fully saturated rings. The molecule has 0 heterocycles. The van der Waals surface area contributed by atoms with E-state index in [-0.39, 0.29) is 0 Å². The van der Waals surface area contributed by atoms with Crippen LogP contribution in [-0.4, -0.2) is 31.9 Å². The van der Waals surface area contributed by atoms with Crippen molar-refractivity contribution >= 4 is 21.9 Å². The number of rotatable bonds is 4. The number of primary sulfonamides is 1. The summed E-state index contributed by atoms with van der Waals surface area (Å²) in [4.78, 5) is 23.4. The minimum absolute atomic E-state index is 0.433. The van der Waals surface area contributed by atoms with Crippen molar-refractivity contribution in [3.8, 4) is 0 Å². The molecule has 23 heavy (non-hydrogen) atoms. The Morgan fingerprint density at radius 3 is 2.35 bits per heavy atom. The largest absolute Gasteiger partial charge is 0.449 e. The lowest BCUT2D eigenvalue weighted by Crippen LogP contribution is -2.46. The Bertz CT molecular complexity index is 725. The number of nitrogens with two attached hydrogens (primary N) is 1. The Labute approximate surface area is 134 Å². The maximum absolute atomic E-state index is 13.7. The molecule has 1 atom stereocenters. The maximum Gasteiger partial charge on any atom is 0.341 e.